The van der Waals surface area contributed by atoms with Gasteiger partial charge in [0.1, 0.15) is 5.92 Å². The number of carbonyl (C=O) groups is 1. The minimum Gasteiger partial charge on any atom is -0.351 e. The number of hydrogen-bond acceptors (Lipinski definition) is 3. The summed E-state index contributed by atoms with van der Waals surface area (Å²) in [5.41, 5.74) is 5.33. The normalized spacial score (nSPS) is 18.9. The Morgan fingerprint density at radius 2 is 2.21 bits per heavy atom. The zero-order chi connectivity index (χ0) is 13.8. The SMILES string of the molecule is NC(=O)N1CC(C(F)(F)F)c2c1cnc1ccnn21. The number of amides is 2. The fourth-order valence-corrected chi connectivity index (χ4v) is 2.25. The molecule has 1 atom stereocenters. The summed E-state index contributed by atoms with van der Waals surface area (Å²) in [6.45, 7) is -0.547. The Balaban J connectivity index is 2.27. The number of hydrogen-bond donors (Lipinski definition) is 1. The smallest absolute Gasteiger partial charge is 0.351 e. The number of anilines is 1. The van der Waals surface area contributed by atoms with Gasteiger partial charge < -0.3 is 5.73 Å². The van der Waals surface area contributed by atoms with Crippen molar-refractivity contribution < 1.29 is 18.0 Å². The monoisotopic (exact) mass is 271 g/mol. The molecule has 3 heterocycles. The summed E-state index contributed by atoms with van der Waals surface area (Å²) in [5, 5.41) is 3.82. The minimum absolute atomic E-state index is 0.0472. The number of fused-ring (bicyclic) bond motifs is 3. The van der Waals surface area contributed by atoms with Crippen LogP contribution < -0.4 is 10.6 Å². The highest BCUT2D eigenvalue weighted by molar-refractivity contribution is 5.93. The predicted molar refractivity (Wildman–Crippen MR) is 58.7 cm³/mol. The van der Waals surface area contributed by atoms with Crippen molar-refractivity contribution >= 4 is 17.4 Å². The standard InChI is InChI=1S/C10H8F3N5O/c11-10(12,13)5-4-17(9(14)19)6-3-15-7-1-2-16-18(7)8(5)6/h1-3,5H,4H2,(H2,14,19). The van der Waals surface area contributed by atoms with Crippen molar-refractivity contribution in [3.63, 3.8) is 0 Å². The summed E-state index contributed by atoms with van der Waals surface area (Å²) >= 11 is 0. The molecule has 2 N–H and O–H groups in total. The van der Waals surface area contributed by atoms with Gasteiger partial charge in [-0.25, -0.2) is 14.3 Å². The second-order valence-corrected chi connectivity index (χ2v) is 4.17. The van der Waals surface area contributed by atoms with Crippen LogP contribution in [0.2, 0.25) is 0 Å². The van der Waals surface area contributed by atoms with Crippen molar-refractivity contribution in [1.82, 2.24) is 14.6 Å². The first kappa shape index (κ1) is 11.8. The third-order valence-electron chi connectivity index (χ3n) is 3.08. The van der Waals surface area contributed by atoms with Gasteiger partial charge in [0.2, 0.25) is 0 Å². The first-order chi connectivity index (χ1) is 8.89. The van der Waals surface area contributed by atoms with E-state index in [2.05, 4.69) is 10.1 Å². The molecule has 100 valence electrons. The minimum atomic E-state index is -4.49. The highest BCUT2D eigenvalue weighted by Gasteiger charge is 2.50. The van der Waals surface area contributed by atoms with Crippen LogP contribution in [0.25, 0.3) is 5.65 Å². The third-order valence-corrected chi connectivity index (χ3v) is 3.08. The molecule has 9 heteroatoms. The molecule has 2 aromatic rings. The van der Waals surface area contributed by atoms with E-state index in [1.807, 2.05) is 0 Å². The maximum Gasteiger partial charge on any atom is 0.399 e. The average Bonchev–Trinajstić information content (AvgIpc) is 2.90. The highest BCUT2D eigenvalue weighted by atomic mass is 19.4. The van der Waals surface area contributed by atoms with Crippen molar-refractivity contribution in [2.45, 2.75) is 12.1 Å². The lowest BCUT2D eigenvalue weighted by molar-refractivity contribution is -0.147. The van der Waals surface area contributed by atoms with Gasteiger partial charge in [-0.1, -0.05) is 0 Å². The first-order valence-electron chi connectivity index (χ1n) is 5.36. The van der Waals surface area contributed by atoms with Gasteiger partial charge in [-0.2, -0.15) is 18.3 Å². The number of primary amides is 1. The molecule has 0 aromatic carbocycles. The summed E-state index contributed by atoms with van der Waals surface area (Å²) in [5.74, 6) is -1.82. The molecular formula is C10H8F3N5O. The summed E-state index contributed by atoms with van der Waals surface area (Å²) in [6.07, 6.45) is -1.93. The molecule has 0 saturated heterocycles. The van der Waals surface area contributed by atoms with Crippen LogP contribution in [0.1, 0.15) is 11.6 Å². The van der Waals surface area contributed by atoms with Crippen molar-refractivity contribution in [2.75, 3.05) is 11.4 Å². The van der Waals surface area contributed by atoms with Crippen LogP contribution in [0.4, 0.5) is 23.7 Å². The maximum absolute atomic E-state index is 13.1. The third kappa shape index (κ3) is 1.61. The van der Waals surface area contributed by atoms with E-state index in [1.165, 1.54) is 18.5 Å². The van der Waals surface area contributed by atoms with Gasteiger partial charge in [0.25, 0.3) is 0 Å². The Morgan fingerprint density at radius 3 is 2.84 bits per heavy atom. The number of nitrogens with two attached hydrogens (primary N) is 1. The average molecular weight is 271 g/mol. The molecular weight excluding hydrogens is 263 g/mol. The Morgan fingerprint density at radius 1 is 1.47 bits per heavy atom. The number of halogens is 3. The first-order valence-corrected chi connectivity index (χ1v) is 5.36. The van der Waals surface area contributed by atoms with Crippen LogP contribution in [0.15, 0.2) is 18.5 Å². The van der Waals surface area contributed by atoms with Crippen molar-refractivity contribution in [1.29, 1.82) is 0 Å². The highest BCUT2D eigenvalue weighted by Crippen LogP contribution is 2.44. The molecule has 1 aliphatic rings. The fraction of sp³-hybridized carbons (Fsp3) is 0.300. The topological polar surface area (TPSA) is 76.5 Å². The Labute approximate surface area is 104 Å². The Bertz CT molecular complexity index is 665. The van der Waals surface area contributed by atoms with Gasteiger partial charge in [-0.05, 0) is 0 Å². The lowest BCUT2D eigenvalue weighted by Crippen LogP contribution is -2.36. The number of alkyl halides is 3. The number of carbonyl (C=O) groups excluding carboxylic acids is 1. The molecule has 0 radical (unpaired) electrons. The summed E-state index contributed by atoms with van der Waals surface area (Å²) in [4.78, 5) is 16.0. The van der Waals surface area contributed by atoms with Crippen molar-refractivity contribution in [3.8, 4) is 0 Å². The van der Waals surface area contributed by atoms with E-state index in [0.717, 1.165) is 9.42 Å². The van der Waals surface area contributed by atoms with E-state index in [-0.39, 0.29) is 11.4 Å². The van der Waals surface area contributed by atoms with Gasteiger partial charge in [0, 0.05) is 12.6 Å². The van der Waals surface area contributed by atoms with Crippen LogP contribution >= 0.6 is 0 Å². The molecule has 0 aliphatic carbocycles. The van der Waals surface area contributed by atoms with E-state index < -0.39 is 24.7 Å². The number of aromatic nitrogens is 3. The fourth-order valence-electron chi connectivity index (χ4n) is 2.25. The number of nitrogens with zero attached hydrogens (tertiary/aromatic N) is 4. The van der Waals surface area contributed by atoms with Gasteiger partial charge in [0.05, 0.1) is 23.8 Å². The summed E-state index contributed by atoms with van der Waals surface area (Å²) in [6, 6.07) is 0.544. The molecule has 6 nitrogen and oxygen atoms in total. The second-order valence-electron chi connectivity index (χ2n) is 4.17. The molecule has 1 unspecified atom stereocenters. The Hall–Kier alpha value is -2.32. The molecule has 1 aliphatic heterocycles. The number of urea groups is 1. The molecule has 0 saturated carbocycles. The lowest BCUT2D eigenvalue weighted by Gasteiger charge is -2.16. The zero-order valence-electron chi connectivity index (χ0n) is 9.42. The molecule has 2 amide bonds. The molecule has 0 spiro atoms. The van der Waals surface area contributed by atoms with Gasteiger partial charge in [-0.15, -0.1) is 0 Å². The van der Waals surface area contributed by atoms with E-state index in [0.29, 0.717) is 5.65 Å². The molecule has 2 aromatic heterocycles. The van der Waals surface area contributed by atoms with E-state index in [4.69, 9.17) is 5.73 Å². The zero-order valence-corrected chi connectivity index (χ0v) is 9.42. The Kier molecular flexibility index (Phi) is 2.22. The van der Waals surface area contributed by atoms with Crippen LogP contribution in [-0.2, 0) is 0 Å². The van der Waals surface area contributed by atoms with E-state index in [9.17, 15) is 18.0 Å². The predicted octanol–water partition coefficient (Wildman–Crippen LogP) is 1.27. The van der Waals surface area contributed by atoms with E-state index in [1.54, 1.807) is 0 Å². The molecule has 3 rings (SSSR count). The molecule has 0 fully saturated rings. The van der Waals surface area contributed by atoms with Crippen molar-refractivity contribution in [3.05, 3.63) is 24.2 Å². The summed E-state index contributed by atoms with van der Waals surface area (Å²) < 4.78 is 40.3. The van der Waals surface area contributed by atoms with Gasteiger partial charge in [0.15, 0.2) is 5.65 Å². The number of rotatable bonds is 0. The van der Waals surface area contributed by atoms with Crippen molar-refractivity contribution in [2.24, 2.45) is 5.73 Å². The maximum atomic E-state index is 13.1. The van der Waals surface area contributed by atoms with Gasteiger partial charge in [-0.3, -0.25) is 4.90 Å². The van der Waals surface area contributed by atoms with Crippen LogP contribution in [0.5, 0.6) is 0 Å². The van der Waals surface area contributed by atoms with Gasteiger partial charge >= 0.3 is 12.2 Å². The second kappa shape index (κ2) is 3.59. The quantitative estimate of drug-likeness (QED) is 0.784. The summed E-state index contributed by atoms with van der Waals surface area (Å²) in [7, 11) is 0. The van der Waals surface area contributed by atoms with Crippen LogP contribution in [0.3, 0.4) is 0 Å². The molecule has 0 bridgehead atoms. The lowest BCUT2D eigenvalue weighted by atomic mass is 10.1. The van der Waals surface area contributed by atoms with E-state index >= 15 is 0 Å². The largest absolute Gasteiger partial charge is 0.399 e. The molecule has 19 heavy (non-hydrogen) atoms. The van der Waals surface area contributed by atoms with Crippen LogP contribution in [0, 0.1) is 0 Å². The van der Waals surface area contributed by atoms with Crippen LogP contribution in [-0.4, -0.2) is 33.4 Å².